The standard InChI is InChI=1S/C24H27N3O5/c1-4-5-12-31-19-9-6-16(7-10-19)24-25-23(26-32-24)17-13-22(28)27(15-17)18-8-11-20(29-2)21(14-18)30-3/h6-11,14,17H,4-5,12-13,15H2,1-3H3/t17-/m0/s1. The monoisotopic (exact) mass is 437 g/mol. The van der Waals surface area contributed by atoms with Gasteiger partial charge in [0.2, 0.25) is 5.91 Å². The van der Waals surface area contributed by atoms with E-state index in [0.29, 0.717) is 42.8 Å². The Morgan fingerprint density at radius 3 is 2.59 bits per heavy atom. The van der Waals surface area contributed by atoms with Crippen molar-refractivity contribution in [2.45, 2.75) is 32.1 Å². The Bertz CT molecular complexity index is 1060. The van der Waals surface area contributed by atoms with Gasteiger partial charge in [-0.2, -0.15) is 4.98 Å². The summed E-state index contributed by atoms with van der Waals surface area (Å²) in [6.07, 6.45) is 2.43. The highest BCUT2D eigenvalue weighted by Gasteiger charge is 2.35. The molecule has 1 fully saturated rings. The van der Waals surface area contributed by atoms with E-state index in [1.807, 2.05) is 30.3 Å². The Labute approximate surface area is 187 Å². The first kappa shape index (κ1) is 21.7. The molecular weight excluding hydrogens is 410 g/mol. The maximum absolute atomic E-state index is 12.7. The summed E-state index contributed by atoms with van der Waals surface area (Å²) in [7, 11) is 3.15. The van der Waals surface area contributed by atoms with Crippen LogP contribution in [0.1, 0.15) is 37.9 Å². The van der Waals surface area contributed by atoms with Gasteiger partial charge in [-0.25, -0.2) is 0 Å². The third kappa shape index (κ3) is 4.54. The lowest BCUT2D eigenvalue weighted by atomic mass is 10.1. The van der Waals surface area contributed by atoms with E-state index < -0.39 is 0 Å². The normalized spacial score (nSPS) is 15.8. The van der Waals surface area contributed by atoms with Crippen LogP contribution in [0.3, 0.4) is 0 Å². The van der Waals surface area contributed by atoms with Gasteiger partial charge in [-0.1, -0.05) is 18.5 Å². The molecule has 0 saturated carbocycles. The van der Waals surface area contributed by atoms with Crippen LogP contribution in [0.15, 0.2) is 47.0 Å². The number of unbranched alkanes of at least 4 members (excludes halogenated alkanes) is 1. The molecule has 0 aliphatic carbocycles. The number of methoxy groups -OCH3 is 2. The number of rotatable bonds is 9. The lowest BCUT2D eigenvalue weighted by Gasteiger charge is -2.18. The van der Waals surface area contributed by atoms with E-state index in [1.165, 1.54) is 0 Å². The van der Waals surface area contributed by atoms with E-state index in [2.05, 4.69) is 17.1 Å². The molecule has 2 aromatic carbocycles. The minimum atomic E-state index is -0.148. The Morgan fingerprint density at radius 2 is 1.88 bits per heavy atom. The molecule has 8 heteroatoms. The molecule has 1 saturated heterocycles. The Hall–Kier alpha value is -3.55. The molecule has 0 N–H and O–H groups in total. The molecule has 0 spiro atoms. The molecule has 1 aliphatic rings. The van der Waals surface area contributed by atoms with Gasteiger partial charge in [-0.15, -0.1) is 0 Å². The van der Waals surface area contributed by atoms with E-state index >= 15 is 0 Å². The van der Waals surface area contributed by atoms with Gasteiger partial charge in [0.25, 0.3) is 5.89 Å². The van der Waals surface area contributed by atoms with Crippen LogP contribution in [0.4, 0.5) is 5.69 Å². The van der Waals surface area contributed by atoms with Crippen molar-refractivity contribution in [1.82, 2.24) is 10.1 Å². The van der Waals surface area contributed by atoms with E-state index in [4.69, 9.17) is 18.7 Å². The fourth-order valence-corrected chi connectivity index (χ4v) is 3.67. The fourth-order valence-electron chi connectivity index (χ4n) is 3.67. The average molecular weight is 437 g/mol. The SMILES string of the molecule is CCCCOc1ccc(-c2nc([C@H]3CC(=O)N(c4ccc(OC)c(OC)c4)C3)no2)cc1. The van der Waals surface area contributed by atoms with Crippen LogP contribution >= 0.6 is 0 Å². The second kappa shape index (κ2) is 9.72. The minimum Gasteiger partial charge on any atom is -0.494 e. The molecule has 1 aromatic heterocycles. The van der Waals surface area contributed by atoms with E-state index in [0.717, 1.165) is 29.8 Å². The molecule has 0 unspecified atom stereocenters. The zero-order valence-electron chi connectivity index (χ0n) is 18.5. The minimum absolute atomic E-state index is 0.00199. The Morgan fingerprint density at radius 1 is 1.09 bits per heavy atom. The molecule has 0 radical (unpaired) electrons. The van der Waals surface area contributed by atoms with Gasteiger partial charge in [-0.05, 0) is 42.8 Å². The number of carbonyl (C=O) groups is 1. The molecule has 1 atom stereocenters. The van der Waals surface area contributed by atoms with Crippen molar-refractivity contribution in [2.75, 3.05) is 32.3 Å². The number of nitrogens with zero attached hydrogens (tertiary/aromatic N) is 3. The predicted octanol–water partition coefficient (Wildman–Crippen LogP) is 4.45. The van der Waals surface area contributed by atoms with Crippen LogP contribution in [0.25, 0.3) is 11.5 Å². The molecule has 3 aromatic rings. The maximum atomic E-state index is 12.7. The number of hydrogen-bond acceptors (Lipinski definition) is 7. The van der Waals surface area contributed by atoms with Crippen LogP contribution in [-0.2, 0) is 4.79 Å². The maximum Gasteiger partial charge on any atom is 0.257 e. The largest absolute Gasteiger partial charge is 0.494 e. The molecule has 2 heterocycles. The third-order valence-electron chi connectivity index (χ3n) is 5.48. The molecule has 0 bridgehead atoms. The summed E-state index contributed by atoms with van der Waals surface area (Å²) in [6, 6.07) is 13.0. The summed E-state index contributed by atoms with van der Waals surface area (Å²) in [4.78, 5) is 19.0. The van der Waals surface area contributed by atoms with Crippen LogP contribution in [-0.4, -0.2) is 43.4 Å². The number of anilines is 1. The van der Waals surface area contributed by atoms with Gasteiger partial charge < -0.3 is 23.6 Å². The number of carbonyl (C=O) groups excluding carboxylic acids is 1. The van der Waals surface area contributed by atoms with Crippen LogP contribution in [0, 0.1) is 0 Å². The lowest BCUT2D eigenvalue weighted by molar-refractivity contribution is -0.117. The number of amides is 1. The van der Waals surface area contributed by atoms with E-state index in [9.17, 15) is 4.79 Å². The van der Waals surface area contributed by atoms with Crippen molar-refractivity contribution < 1.29 is 23.5 Å². The summed E-state index contributed by atoms with van der Waals surface area (Å²) >= 11 is 0. The molecule has 1 aliphatic heterocycles. The summed E-state index contributed by atoms with van der Waals surface area (Å²) < 4.78 is 21.8. The Kier molecular flexibility index (Phi) is 6.58. The topological polar surface area (TPSA) is 86.9 Å². The quantitative estimate of drug-likeness (QED) is 0.457. The second-order valence-electron chi connectivity index (χ2n) is 7.63. The van der Waals surface area contributed by atoms with Crippen molar-refractivity contribution in [1.29, 1.82) is 0 Å². The van der Waals surface area contributed by atoms with Gasteiger partial charge in [0.15, 0.2) is 17.3 Å². The second-order valence-corrected chi connectivity index (χ2v) is 7.63. The molecule has 32 heavy (non-hydrogen) atoms. The van der Waals surface area contributed by atoms with Crippen molar-refractivity contribution in [3.8, 4) is 28.7 Å². The molecule has 8 nitrogen and oxygen atoms in total. The van der Waals surface area contributed by atoms with Crippen molar-refractivity contribution in [3.63, 3.8) is 0 Å². The smallest absolute Gasteiger partial charge is 0.257 e. The highest BCUT2D eigenvalue weighted by molar-refractivity contribution is 5.96. The highest BCUT2D eigenvalue weighted by Crippen LogP contribution is 2.36. The van der Waals surface area contributed by atoms with Gasteiger partial charge in [0.05, 0.1) is 20.8 Å². The average Bonchev–Trinajstić information content (AvgIpc) is 3.46. The van der Waals surface area contributed by atoms with Crippen LogP contribution < -0.4 is 19.1 Å². The summed E-state index contributed by atoms with van der Waals surface area (Å²) in [5.41, 5.74) is 1.56. The summed E-state index contributed by atoms with van der Waals surface area (Å²) in [6.45, 7) is 3.30. The van der Waals surface area contributed by atoms with Gasteiger partial charge in [0, 0.05) is 36.2 Å². The summed E-state index contributed by atoms with van der Waals surface area (Å²) in [5.74, 6) is 2.81. The zero-order valence-corrected chi connectivity index (χ0v) is 18.5. The highest BCUT2D eigenvalue weighted by atomic mass is 16.5. The predicted molar refractivity (Wildman–Crippen MR) is 119 cm³/mol. The third-order valence-corrected chi connectivity index (χ3v) is 5.48. The summed E-state index contributed by atoms with van der Waals surface area (Å²) in [5, 5.41) is 4.14. The first-order valence-electron chi connectivity index (χ1n) is 10.7. The molecule has 168 valence electrons. The van der Waals surface area contributed by atoms with Crippen molar-refractivity contribution in [2.24, 2.45) is 0 Å². The van der Waals surface area contributed by atoms with E-state index in [-0.39, 0.29) is 11.8 Å². The van der Waals surface area contributed by atoms with Gasteiger partial charge in [0.1, 0.15) is 5.75 Å². The first-order chi connectivity index (χ1) is 15.6. The number of ether oxygens (including phenoxy) is 3. The van der Waals surface area contributed by atoms with Crippen LogP contribution in [0.5, 0.6) is 17.2 Å². The fraction of sp³-hybridized carbons (Fsp3) is 0.375. The van der Waals surface area contributed by atoms with Gasteiger partial charge >= 0.3 is 0 Å². The number of benzene rings is 2. The molecule has 4 rings (SSSR count). The van der Waals surface area contributed by atoms with Crippen molar-refractivity contribution in [3.05, 3.63) is 48.3 Å². The van der Waals surface area contributed by atoms with Crippen molar-refractivity contribution >= 4 is 11.6 Å². The van der Waals surface area contributed by atoms with Gasteiger partial charge in [-0.3, -0.25) is 4.79 Å². The zero-order chi connectivity index (χ0) is 22.5. The Balaban J connectivity index is 1.45. The first-order valence-corrected chi connectivity index (χ1v) is 10.7. The van der Waals surface area contributed by atoms with E-state index in [1.54, 1.807) is 31.3 Å². The number of aromatic nitrogens is 2. The number of hydrogen-bond donors (Lipinski definition) is 0. The molecule has 1 amide bonds. The lowest BCUT2D eigenvalue weighted by Crippen LogP contribution is -2.24. The van der Waals surface area contributed by atoms with Crippen LogP contribution in [0.2, 0.25) is 0 Å². The molecular formula is C24H27N3O5.